The van der Waals surface area contributed by atoms with Crippen LogP contribution in [0.5, 0.6) is 0 Å². The van der Waals surface area contributed by atoms with E-state index in [2.05, 4.69) is 66.2 Å². The van der Waals surface area contributed by atoms with E-state index < -0.39 is 76.8 Å². The van der Waals surface area contributed by atoms with E-state index in [1.165, 1.54) is 0 Å². The molecule has 6 rings (SSSR count). The van der Waals surface area contributed by atoms with Crippen LogP contribution in [0.15, 0.2) is 60.7 Å². The van der Waals surface area contributed by atoms with Crippen LogP contribution in [0, 0.1) is 34.5 Å². The average Bonchev–Trinajstić information content (AvgIpc) is 3.68. The maximum atomic E-state index is 14.4. The van der Waals surface area contributed by atoms with E-state index in [1.54, 1.807) is 109 Å². The van der Waals surface area contributed by atoms with Crippen LogP contribution in [0.25, 0.3) is 0 Å². The highest BCUT2D eigenvalue weighted by Gasteiger charge is 2.56. The topological polar surface area (TPSA) is 222 Å². The van der Waals surface area contributed by atoms with Crippen LogP contribution >= 0.6 is 35.7 Å². The summed E-state index contributed by atoms with van der Waals surface area (Å²) in [5.74, 6) is 9.50. The first kappa shape index (κ1) is 55.7. The molecule has 2 unspecified atom stereocenters. The van der Waals surface area contributed by atoms with Gasteiger partial charge in [-0.1, -0.05) is 112 Å². The predicted octanol–water partition coefficient (Wildman–Crippen LogP) is 2.11. The maximum Gasteiger partial charge on any atom is 0.247 e. The molecule has 10 atom stereocenters. The Labute approximate surface area is 437 Å². The molecule has 20 heteroatoms. The summed E-state index contributed by atoms with van der Waals surface area (Å²) in [6, 6.07) is 11.6. The molecule has 2 aromatic carbocycles. The molecule has 4 aliphatic heterocycles. The summed E-state index contributed by atoms with van der Waals surface area (Å²) in [6.45, 7) is 11.2. The van der Waals surface area contributed by atoms with Crippen molar-refractivity contribution in [1.29, 1.82) is 0 Å². The zero-order valence-electron chi connectivity index (χ0n) is 42.2. The lowest BCUT2D eigenvalue weighted by molar-refractivity contribution is -0.144. The molecular weight excluding hydrogens is 973 g/mol. The number of carbonyl (C=O) groups is 7. The lowest BCUT2D eigenvalue weighted by Crippen LogP contribution is -2.58. The Morgan fingerprint density at radius 3 is 1.44 bits per heavy atom. The Bertz CT molecular complexity index is 2310. The van der Waals surface area contributed by atoms with Gasteiger partial charge in [0.2, 0.25) is 41.4 Å². The highest BCUT2D eigenvalue weighted by atomic mass is 32.2. The van der Waals surface area contributed by atoms with E-state index in [0.717, 1.165) is 0 Å². The third kappa shape index (κ3) is 13.3. The molecule has 7 amide bonds. The monoisotopic (exact) mass is 1040 g/mol. The number of hydrogen-bond acceptors (Lipinski definition) is 12. The molecule has 386 valence electrons. The zero-order chi connectivity index (χ0) is 52.3. The van der Waals surface area contributed by atoms with Crippen LogP contribution in [0.4, 0.5) is 0 Å². The second-order valence-corrected chi connectivity index (χ2v) is 22.8. The summed E-state index contributed by atoms with van der Waals surface area (Å²) in [6.07, 6.45) is 2.13. The first-order valence-electron chi connectivity index (χ1n) is 24.3. The number of benzene rings is 2. The van der Waals surface area contributed by atoms with Crippen molar-refractivity contribution in [2.24, 2.45) is 10.8 Å². The second-order valence-electron chi connectivity index (χ2n) is 19.8. The van der Waals surface area contributed by atoms with Gasteiger partial charge in [-0.2, -0.15) is 0 Å². The molecule has 4 saturated heterocycles. The Kier molecular flexibility index (Phi) is 19.2. The number of nitrogens with zero attached hydrogens (tertiary/aromatic N) is 2. The number of fused-ring (bicyclic) bond motifs is 2. The summed E-state index contributed by atoms with van der Waals surface area (Å²) < 4.78 is 0. The van der Waals surface area contributed by atoms with E-state index in [0.29, 0.717) is 53.3 Å². The maximum absolute atomic E-state index is 14.4. The molecule has 0 aromatic heterocycles. The summed E-state index contributed by atoms with van der Waals surface area (Å²) >= 11 is 8.80. The third-order valence-corrected chi connectivity index (χ3v) is 16.7. The van der Waals surface area contributed by atoms with Crippen LogP contribution in [-0.4, -0.2) is 142 Å². The summed E-state index contributed by atoms with van der Waals surface area (Å²) in [4.78, 5) is 101. The van der Waals surface area contributed by atoms with Gasteiger partial charge in [-0.05, 0) is 98.9 Å². The van der Waals surface area contributed by atoms with Crippen LogP contribution in [0.2, 0.25) is 0 Å². The van der Waals surface area contributed by atoms with Gasteiger partial charge in [-0.3, -0.25) is 33.6 Å². The fraction of sp³-hybridized carbons (Fsp3) is 0.538. The molecule has 0 bridgehead atoms. The minimum Gasteiger partial charge on any atom is -0.367 e. The van der Waals surface area contributed by atoms with Gasteiger partial charge >= 0.3 is 0 Å². The molecule has 4 fully saturated rings. The SMILES string of the molecule is CN[C@@H](C)C(=O)N[C@H]1CCSC2CC(C)(C)[C@@H](C(=O)N[C@H](C(=O)NCC#CC#CCNC(=O)[C@H](NC(=O)[C@@H]3N4C(=O)[C@H](NC(=S)[C@@H](C)NC)CCSC4CC3(C)C)c3ccccc3)c3ccccc3)N2C1=O. The molecule has 0 spiro atoms. The van der Waals surface area contributed by atoms with Crippen molar-refractivity contribution in [2.75, 3.05) is 38.7 Å². The van der Waals surface area contributed by atoms with Crippen LogP contribution in [0.1, 0.15) is 90.4 Å². The molecule has 4 aliphatic rings. The van der Waals surface area contributed by atoms with Crippen molar-refractivity contribution in [1.82, 2.24) is 52.3 Å². The quantitative estimate of drug-likeness (QED) is 0.0894. The Morgan fingerprint density at radius 2 is 1.04 bits per heavy atom. The minimum absolute atomic E-state index is 0.101. The van der Waals surface area contributed by atoms with Gasteiger partial charge in [0.05, 0.1) is 40.9 Å². The number of rotatable bonds is 16. The van der Waals surface area contributed by atoms with Gasteiger partial charge in [-0.15, -0.1) is 23.5 Å². The van der Waals surface area contributed by atoms with Crippen molar-refractivity contribution in [2.45, 2.75) is 126 Å². The summed E-state index contributed by atoms with van der Waals surface area (Å²) in [5.41, 5.74) is -0.171. The minimum atomic E-state index is -1.12. The van der Waals surface area contributed by atoms with Crippen molar-refractivity contribution >= 4 is 82.1 Å². The highest BCUT2D eigenvalue weighted by Crippen LogP contribution is 2.48. The molecule has 4 heterocycles. The van der Waals surface area contributed by atoms with Crippen LogP contribution in [0.3, 0.4) is 0 Å². The number of hydrogen-bond donors (Lipinski definition) is 8. The van der Waals surface area contributed by atoms with E-state index >= 15 is 0 Å². The van der Waals surface area contributed by atoms with Crippen molar-refractivity contribution < 1.29 is 33.6 Å². The summed E-state index contributed by atoms with van der Waals surface area (Å²) in [7, 11) is 3.46. The Morgan fingerprint density at radius 1 is 0.639 bits per heavy atom. The molecular formula is C52H68N10O7S3. The zero-order valence-corrected chi connectivity index (χ0v) is 44.6. The van der Waals surface area contributed by atoms with Gasteiger partial charge < -0.3 is 52.3 Å². The number of likely N-dealkylation sites (N-methyl/N-ethyl adjacent to an activating group) is 2. The summed E-state index contributed by atoms with van der Waals surface area (Å²) in [5, 5.41) is 23.0. The first-order chi connectivity index (χ1) is 34.3. The number of carbonyl (C=O) groups excluding carboxylic acids is 7. The predicted molar refractivity (Wildman–Crippen MR) is 285 cm³/mol. The lowest BCUT2D eigenvalue weighted by Gasteiger charge is -2.35. The second kappa shape index (κ2) is 24.9. The van der Waals surface area contributed by atoms with Gasteiger partial charge in [0, 0.05) is 0 Å². The van der Waals surface area contributed by atoms with Crippen LogP contribution in [-0.2, 0) is 33.6 Å². The molecule has 0 saturated carbocycles. The number of thiocarbonyl (C=S) groups is 1. The van der Waals surface area contributed by atoms with Crippen molar-refractivity contribution in [3.05, 3.63) is 71.8 Å². The van der Waals surface area contributed by atoms with Crippen molar-refractivity contribution in [3.63, 3.8) is 0 Å². The van der Waals surface area contributed by atoms with Gasteiger partial charge in [-0.25, -0.2) is 0 Å². The fourth-order valence-electron chi connectivity index (χ4n) is 9.54. The van der Waals surface area contributed by atoms with Gasteiger partial charge in [0.1, 0.15) is 36.3 Å². The molecule has 72 heavy (non-hydrogen) atoms. The Hall–Kier alpha value is -5.64. The normalized spacial score (nSPS) is 24.6. The molecule has 0 radical (unpaired) electrons. The molecule has 17 nitrogen and oxygen atoms in total. The third-order valence-electron chi connectivity index (χ3n) is 13.7. The number of nitrogens with one attached hydrogen (secondary N) is 8. The fourth-order valence-corrected chi connectivity index (χ4v) is 13.0. The lowest BCUT2D eigenvalue weighted by atomic mass is 9.83. The average molecular weight is 1040 g/mol. The van der Waals surface area contributed by atoms with E-state index in [4.69, 9.17) is 12.2 Å². The van der Waals surface area contributed by atoms with Crippen LogP contribution < -0.4 is 42.5 Å². The highest BCUT2D eigenvalue weighted by molar-refractivity contribution is 8.00. The van der Waals surface area contributed by atoms with E-state index in [9.17, 15) is 33.6 Å². The number of amides is 7. The molecule has 0 aliphatic carbocycles. The Balaban J connectivity index is 1.08. The van der Waals surface area contributed by atoms with Gasteiger partial charge in [0.15, 0.2) is 0 Å². The molecule has 8 N–H and O–H groups in total. The smallest absolute Gasteiger partial charge is 0.247 e. The number of thioether (sulfide) groups is 2. The van der Waals surface area contributed by atoms with E-state index in [1.807, 2.05) is 40.7 Å². The first-order valence-corrected chi connectivity index (χ1v) is 26.8. The molecule has 2 aromatic rings. The largest absolute Gasteiger partial charge is 0.367 e. The van der Waals surface area contributed by atoms with Gasteiger partial charge in [0.25, 0.3) is 0 Å². The van der Waals surface area contributed by atoms with E-state index in [-0.39, 0.29) is 47.6 Å². The van der Waals surface area contributed by atoms with Crippen molar-refractivity contribution in [3.8, 4) is 23.7 Å². The standard InChI is InChI=1S/C52H68N10O7S3/c1-31(53-7)43(63)57-35-23-27-71-37-29-51(3,4)41(61(37)49(35)68)46(66)59-39(33-19-13-11-14-20-33)44(64)55-25-17-9-10-18-26-56-45(65)40(34-21-15-12-16-22-34)60-47(67)42-52(5,6)30-38-62(42)50(69)36(24-28-72-38)58-48(70)32(2)54-8/h11-16,19-22,31-32,35-42,53-54H,23-30H2,1-8H3,(H,55,64)(H,56,65)(H,57,63)(H,58,70)(H,59,66)(H,60,67)/t31-,32+,35-,36+,37?,38?,39-,40+,41+,42-/m0/s1.